The molecule has 2 unspecified atom stereocenters. The van der Waals surface area contributed by atoms with Crippen molar-refractivity contribution < 1.29 is 0 Å². The first-order chi connectivity index (χ1) is 8.20. The number of hydrogen-bond acceptors (Lipinski definition) is 4. The van der Waals surface area contributed by atoms with Gasteiger partial charge in [0.15, 0.2) is 5.16 Å². The van der Waals surface area contributed by atoms with Crippen molar-refractivity contribution in [2.75, 3.05) is 0 Å². The minimum atomic E-state index is 0.0971. The summed E-state index contributed by atoms with van der Waals surface area (Å²) in [4.78, 5) is 8.52. The summed E-state index contributed by atoms with van der Waals surface area (Å²) in [5, 5.41) is 1.09. The van der Waals surface area contributed by atoms with Gasteiger partial charge in [-0.15, -0.1) is 11.3 Å². The lowest BCUT2D eigenvalue weighted by Gasteiger charge is -2.19. The summed E-state index contributed by atoms with van der Waals surface area (Å²) in [7, 11) is 0. The fourth-order valence-electron chi connectivity index (χ4n) is 1.49. The summed E-state index contributed by atoms with van der Waals surface area (Å²) in [5.74, 6) is 0. The number of hydrogen-bond donors (Lipinski definition) is 2. The second-order valence-corrected chi connectivity index (χ2v) is 6.52. The molecule has 0 spiro atoms. The zero-order chi connectivity index (χ0) is 12.3. The van der Waals surface area contributed by atoms with Crippen LogP contribution in [0, 0.1) is 0 Å². The molecule has 0 radical (unpaired) electrons. The molecule has 0 aliphatic heterocycles. The van der Waals surface area contributed by atoms with Gasteiger partial charge in [-0.3, -0.25) is 0 Å². The Morgan fingerprint density at radius 2 is 2.41 bits per heavy atom. The quantitative estimate of drug-likeness (QED) is 0.825. The Bertz CT molecular complexity index is 455. The summed E-state index contributed by atoms with van der Waals surface area (Å²) in [6, 6.07) is 4.06. The number of nitrogens with one attached hydrogen (secondary N) is 1. The van der Waals surface area contributed by atoms with E-state index < -0.39 is 0 Å². The number of imidazole rings is 1. The van der Waals surface area contributed by atoms with E-state index in [0.29, 0.717) is 0 Å². The summed E-state index contributed by atoms with van der Waals surface area (Å²) in [6.07, 6.45) is 4.49. The maximum atomic E-state index is 6.18. The van der Waals surface area contributed by atoms with Crippen molar-refractivity contribution in [1.29, 1.82) is 0 Å². The third kappa shape index (κ3) is 3.25. The molecular formula is C11H14ClN3S2. The van der Waals surface area contributed by atoms with E-state index in [9.17, 15) is 0 Å². The highest BCUT2D eigenvalue weighted by Gasteiger charge is 2.22. The third-order valence-electron chi connectivity index (χ3n) is 2.45. The van der Waals surface area contributed by atoms with Gasteiger partial charge in [0, 0.05) is 23.3 Å². The Morgan fingerprint density at radius 3 is 2.94 bits per heavy atom. The lowest BCUT2D eigenvalue weighted by molar-refractivity contribution is 0.638. The molecule has 2 rings (SSSR count). The summed E-state index contributed by atoms with van der Waals surface area (Å²) >= 11 is 9.22. The Balaban J connectivity index is 2.19. The maximum absolute atomic E-state index is 6.18. The van der Waals surface area contributed by atoms with Gasteiger partial charge in [0.05, 0.1) is 9.59 Å². The standard InChI is InChI=1S/C11H14ClN3S2/c1-2-7(13)10(8-3-4-9(12)16-8)17-11-14-5-6-15-11/h3-7,10H,2,13H2,1H3,(H,14,15). The molecule has 6 heteroatoms. The summed E-state index contributed by atoms with van der Waals surface area (Å²) in [6.45, 7) is 2.09. The molecule has 0 aliphatic rings. The lowest BCUT2D eigenvalue weighted by atomic mass is 10.1. The van der Waals surface area contributed by atoms with E-state index in [1.807, 2.05) is 18.3 Å². The molecule has 0 aliphatic carbocycles. The fourth-order valence-corrected chi connectivity index (χ4v) is 3.95. The van der Waals surface area contributed by atoms with E-state index in [4.69, 9.17) is 17.3 Å². The number of thioether (sulfide) groups is 1. The fraction of sp³-hybridized carbons (Fsp3) is 0.364. The first kappa shape index (κ1) is 13.0. The highest BCUT2D eigenvalue weighted by molar-refractivity contribution is 7.99. The number of aromatic nitrogens is 2. The molecule has 2 heterocycles. The van der Waals surface area contributed by atoms with Gasteiger partial charge in [0.25, 0.3) is 0 Å². The Labute approximate surface area is 114 Å². The van der Waals surface area contributed by atoms with E-state index in [0.717, 1.165) is 15.9 Å². The first-order valence-electron chi connectivity index (χ1n) is 5.37. The van der Waals surface area contributed by atoms with Crippen LogP contribution in [0.2, 0.25) is 4.34 Å². The molecule has 3 nitrogen and oxygen atoms in total. The normalized spacial score (nSPS) is 14.8. The van der Waals surface area contributed by atoms with Crippen LogP contribution in [0.4, 0.5) is 0 Å². The monoisotopic (exact) mass is 287 g/mol. The Hall–Kier alpha value is -0.490. The van der Waals surface area contributed by atoms with E-state index in [2.05, 4.69) is 16.9 Å². The second kappa shape index (κ2) is 5.91. The van der Waals surface area contributed by atoms with E-state index >= 15 is 0 Å². The molecular weight excluding hydrogens is 274 g/mol. The average molecular weight is 288 g/mol. The Morgan fingerprint density at radius 1 is 1.59 bits per heavy atom. The van der Waals surface area contributed by atoms with Gasteiger partial charge in [-0.1, -0.05) is 30.3 Å². The van der Waals surface area contributed by atoms with Crippen molar-refractivity contribution in [2.24, 2.45) is 5.73 Å². The SMILES string of the molecule is CCC(N)C(Sc1ncc[nH]1)c1ccc(Cl)s1. The molecule has 0 saturated heterocycles. The van der Waals surface area contributed by atoms with Gasteiger partial charge in [0.1, 0.15) is 0 Å². The van der Waals surface area contributed by atoms with Gasteiger partial charge in [-0.2, -0.15) is 0 Å². The van der Waals surface area contributed by atoms with Gasteiger partial charge in [-0.25, -0.2) is 4.98 Å². The van der Waals surface area contributed by atoms with Crippen LogP contribution in [0.1, 0.15) is 23.5 Å². The minimum Gasteiger partial charge on any atom is -0.340 e. The Kier molecular flexibility index (Phi) is 4.50. The van der Waals surface area contributed by atoms with Crippen LogP contribution < -0.4 is 5.73 Å². The van der Waals surface area contributed by atoms with Crippen molar-refractivity contribution >= 4 is 34.7 Å². The van der Waals surface area contributed by atoms with E-state index in [1.54, 1.807) is 29.3 Å². The molecule has 17 heavy (non-hydrogen) atoms. The smallest absolute Gasteiger partial charge is 0.165 e. The largest absolute Gasteiger partial charge is 0.340 e. The molecule has 2 atom stereocenters. The van der Waals surface area contributed by atoms with Crippen LogP contribution in [-0.2, 0) is 0 Å². The van der Waals surface area contributed by atoms with Crippen molar-refractivity contribution in [3.05, 3.63) is 33.7 Å². The molecule has 3 N–H and O–H groups in total. The lowest BCUT2D eigenvalue weighted by Crippen LogP contribution is -2.25. The first-order valence-corrected chi connectivity index (χ1v) is 7.45. The van der Waals surface area contributed by atoms with Crippen molar-refractivity contribution in [3.63, 3.8) is 0 Å². The summed E-state index contributed by atoms with van der Waals surface area (Å²) < 4.78 is 0.799. The molecule has 0 saturated carbocycles. The third-order valence-corrected chi connectivity index (χ3v) is 5.21. The van der Waals surface area contributed by atoms with Crippen molar-refractivity contribution in [3.8, 4) is 0 Å². The van der Waals surface area contributed by atoms with Crippen LogP contribution in [0.3, 0.4) is 0 Å². The molecule has 0 amide bonds. The topological polar surface area (TPSA) is 54.7 Å². The number of aromatic amines is 1. The van der Waals surface area contributed by atoms with Crippen molar-refractivity contribution in [1.82, 2.24) is 9.97 Å². The average Bonchev–Trinajstić information content (AvgIpc) is 2.96. The zero-order valence-electron chi connectivity index (χ0n) is 9.39. The number of nitrogens with zero attached hydrogens (tertiary/aromatic N) is 1. The molecule has 2 aromatic rings. The molecule has 0 bridgehead atoms. The molecule has 0 aromatic carbocycles. The predicted octanol–water partition coefficient (Wildman–Crippen LogP) is 3.70. The highest BCUT2D eigenvalue weighted by Crippen LogP contribution is 2.40. The van der Waals surface area contributed by atoms with Gasteiger partial charge >= 0.3 is 0 Å². The maximum Gasteiger partial charge on any atom is 0.165 e. The van der Waals surface area contributed by atoms with Crippen molar-refractivity contribution in [2.45, 2.75) is 29.8 Å². The number of nitrogens with two attached hydrogens (primary N) is 1. The number of H-pyrrole nitrogens is 1. The number of rotatable bonds is 5. The van der Waals surface area contributed by atoms with Crippen LogP contribution in [0.15, 0.2) is 29.7 Å². The molecule has 0 fully saturated rings. The zero-order valence-corrected chi connectivity index (χ0v) is 11.8. The van der Waals surface area contributed by atoms with Gasteiger partial charge < -0.3 is 10.7 Å². The number of halogens is 1. The van der Waals surface area contributed by atoms with E-state index in [-0.39, 0.29) is 11.3 Å². The molecule has 2 aromatic heterocycles. The van der Waals surface area contributed by atoms with Gasteiger partial charge in [-0.05, 0) is 18.6 Å². The summed E-state index contributed by atoms with van der Waals surface area (Å²) in [5.41, 5.74) is 6.18. The minimum absolute atomic E-state index is 0.0971. The van der Waals surface area contributed by atoms with E-state index in [1.165, 1.54) is 4.88 Å². The molecule has 92 valence electrons. The van der Waals surface area contributed by atoms with Crippen LogP contribution in [-0.4, -0.2) is 16.0 Å². The van der Waals surface area contributed by atoms with Gasteiger partial charge in [0.2, 0.25) is 0 Å². The highest BCUT2D eigenvalue weighted by atomic mass is 35.5. The van der Waals surface area contributed by atoms with Crippen LogP contribution >= 0.6 is 34.7 Å². The second-order valence-electron chi connectivity index (χ2n) is 3.65. The van der Waals surface area contributed by atoms with Crippen LogP contribution in [0.25, 0.3) is 0 Å². The van der Waals surface area contributed by atoms with Crippen LogP contribution in [0.5, 0.6) is 0 Å². The number of thiophene rings is 1. The predicted molar refractivity (Wildman–Crippen MR) is 74.8 cm³/mol.